The van der Waals surface area contributed by atoms with E-state index in [1.807, 2.05) is 0 Å². The third kappa shape index (κ3) is 8.03. The van der Waals surface area contributed by atoms with E-state index in [9.17, 15) is 0 Å². The van der Waals surface area contributed by atoms with Gasteiger partial charge >= 0.3 is 0 Å². The van der Waals surface area contributed by atoms with Crippen LogP contribution >= 0.6 is 0 Å². The summed E-state index contributed by atoms with van der Waals surface area (Å²) >= 11 is 0. The third-order valence-corrected chi connectivity index (χ3v) is 21.0. The number of anilines is 2. The van der Waals surface area contributed by atoms with E-state index in [2.05, 4.69) is 272 Å². The molecule has 0 N–H and O–H groups in total. The SMILES string of the molecule is CC(c1ccc(-c2ccc3c(c2)-c2ccccc2CC3CCc2ccccc2)cc1)C1(C)C2=CC=C(c3ccc4c(c3)C3CC=CCC3N4c3ccccc3)CC2C2C=C(c3ccc4c(c3)c3c(n4-c4ccccc4)CCC=C3)C=CC21. The lowest BCUT2D eigenvalue weighted by Gasteiger charge is -2.40. The highest BCUT2D eigenvalue weighted by molar-refractivity contribution is 5.96. The minimum atomic E-state index is -0.0990. The Morgan fingerprint density at radius 3 is 2.18 bits per heavy atom. The van der Waals surface area contributed by atoms with Crippen LogP contribution in [0.3, 0.4) is 0 Å². The van der Waals surface area contributed by atoms with Crippen LogP contribution in [0.25, 0.3) is 56.1 Å². The highest BCUT2D eigenvalue weighted by Gasteiger charge is 2.56. The molecule has 0 saturated heterocycles. The molecule has 8 atom stereocenters. The van der Waals surface area contributed by atoms with Crippen molar-refractivity contribution in [2.75, 3.05) is 4.90 Å². The molecule has 1 aliphatic heterocycles. The fraction of sp³-hybridized carbons (Fsp3) is 0.225. The Kier molecular flexibility index (Phi) is 12.0. The maximum atomic E-state index is 2.71. The van der Waals surface area contributed by atoms with Gasteiger partial charge in [-0.2, -0.15) is 0 Å². The topological polar surface area (TPSA) is 8.17 Å². The van der Waals surface area contributed by atoms with E-state index in [0.29, 0.717) is 35.6 Å². The molecule has 8 aromatic carbocycles. The molecule has 1 fully saturated rings. The molecule has 0 amide bonds. The molecule has 6 aliphatic carbocycles. The van der Waals surface area contributed by atoms with E-state index in [-0.39, 0.29) is 11.3 Å². The molecule has 9 aromatic rings. The smallest absolute Gasteiger partial charge is 0.0538 e. The van der Waals surface area contributed by atoms with E-state index in [0.717, 1.165) is 51.4 Å². The lowest BCUT2D eigenvalue weighted by molar-refractivity contribution is 0.248. The largest absolute Gasteiger partial charge is 0.337 e. The van der Waals surface area contributed by atoms with E-state index in [4.69, 9.17) is 0 Å². The summed E-state index contributed by atoms with van der Waals surface area (Å²) in [6, 6.07) is 74.6. The van der Waals surface area contributed by atoms with Crippen molar-refractivity contribution >= 4 is 39.5 Å². The summed E-state index contributed by atoms with van der Waals surface area (Å²) in [4.78, 5) is 2.64. The fourth-order valence-corrected chi connectivity index (χ4v) is 16.7. The molecule has 2 heteroatoms. The van der Waals surface area contributed by atoms with Gasteiger partial charge < -0.3 is 9.47 Å². The van der Waals surface area contributed by atoms with Gasteiger partial charge in [-0.15, -0.1) is 0 Å². The Morgan fingerprint density at radius 2 is 1.34 bits per heavy atom. The first-order chi connectivity index (χ1) is 40.4. The summed E-state index contributed by atoms with van der Waals surface area (Å²) in [7, 11) is 0. The number of aromatic nitrogens is 1. The zero-order valence-electron chi connectivity index (χ0n) is 47.3. The highest BCUT2D eigenvalue weighted by atomic mass is 15.2. The Bertz CT molecular complexity index is 4160. The number of para-hydroxylation sites is 2. The summed E-state index contributed by atoms with van der Waals surface area (Å²) in [5.41, 5.74) is 27.8. The average Bonchev–Trinajstić information content (AvgIpc) is 3.20. The van der Waals surface area contributed by atoms with Gasteiger partial charge in [0.1, 0.15) is 0 Å². The van der Waals surface area contributed by atoms with Crippen molar-refractivity contribution in [2.45, 2.75) is 89.0 Å². The van der Waals surface area contributed by atoms with Gasteiger partial charge in [0.2, 0.25) is 0 Å². The minimum absolute atomic E-state index is 0.0990. The number of fused-ring (bicyclic) bond motifs is 12. The van der Waals surface area contributed by atoms with E-state index < -0.39 is 0 Å². The number of benzene rings is 8. The number of aryl methyl sites for hydroxylation is 1. The van der Waals surface area contributed by atoms with Crippen molar-refractivity contribution < 1.29 is 0 Å². The van der Waals surface area contributed by atoms with Crippen LogP contribution < -0.4 is 4.90 Å². The van der Waals surface area contributed by atoms with Gasteiger partial charge in [0.25, 0.3) is 0 Å². The van der Waals surface area contributed by atoms with Gasteiger partial charge in [-0.1, -0.05) is 214 Å². The Morgan fingerprint density at radius 1 is 0.598 bits per heavy atom. The Hall–Kier alpha value is -8.46. The van der Waals surface area contributed by atoms with Gasteiger partial charge in [-0.05, 0) is 208 Å². The third-order valence-electron chi connectivity index (χ3n) is 21.0. The molecule has 2 nitrogen and oxygen atoms in total. The molecule has 1 aromatic heterocycles. The summed E-state index contributed by atoms with van der Waals surface area (Å²) in [6.07, 6.45) is 31.2. The first-order valence-electron chi connectivity index (χ1n) is 30.7. The van der Waals surface area contributed by atoms with Gasteiger partial charge in [-0.25, -0.2) is 0 Å². The first kappa shape index (κ1) is 49.4. The van der Waals surface area contributed by atoms with Gasteiger partial charge in [-0.3, -0.25) is 0 Å². The molecule has 2 heterocycles. The predicted octanol–water partition coefficient (Wildman–Crippen LogP) is 20.2. The van der Waals surface area contributed by atoms with Gasteiger partial charge in [0.05, 0.1) is 5.52 Å². The zero-order chi connectivity index (χ0) is 54.5. The average molecular weight is 1060 g/mol. The monoisotopic (exact) mass is 1060 g/mol. The number of nitrogens with zero attached hydrogens (tertiary/aromatic N) is 2. The second-order valence-corrected chi connectivity index (χ2v) is 25.0. The molecule has 0 radical (unpaired) electrons. The normalized spacial score (nSPS) is 23.8. The first-order valence-corrected chi connectivity index (χ1v) is 30.7. The number of allylic oxidation sites excluding steroid dienone is 10. The standard InChI is InChI=1S/C80H70N2/c1-52(54-32-34-55(35-33-54)56-36-41-66-62(31-30-53-18-6-3-7-19-53)46-61-20-12-13-25-65(61)69(66)47-56)80(2)74-42-37-57(59-39-44-78-72(50-59)67-26-14-16-28-76(67)81(78)63-21-8-4-9-22-63)48-70(74)71-49-58(38-43-75(71)80)60-40-45-79-73(51-60)68-27-15-17-29-77(68)82(79)64-23-10-5-11-24-64/h3-16,18-25,27,32-45,47,49-52,62,67,70-71,75-76H,17,26,28-31,46,48H2,1-2H3. The van der Waals surface area contributed by atoms with Crippen LogP contribution in [-0.4, -0.2) is 10.6 Å². The second-order valence-electron chi connectivity index (χ2n) is 25.0. The van der Waals surface area contributed by atoms with Crippen molar-refractivity contribution in [1.29, 1.82) is 0 Å². The summed E-state index contributed by atoms with van der Waals surface area (Å²) in [6.45, 7) is 5.15. The molecule has 1 saturated carbocycles. The maximum absolute atomic E-state index is 2.71. The van der Waals surface area contributed by atoms with Crippen LogP contribution in [0.5, 0.6) is 0 Å². The summed E-state index contributed by atoms with van der Waals surface area (Å²) < 4.78 is 2.51. The van der Waals surface area contributed by atoms with Crippen LogP contribution in [0.4, 0.5) is 11.4 Å². The molecular formula is C80H70N2. The molecule has 82 heavy (non-hydrogen) atoms. The van der Waals surface area contributed by atoms with Gasteiger partial charge in [0, 0.05) is 51.1 Å². The molecular weight excluding hydrogens is 989 g/mol. The van der Waals surface area contributed by atoms with Crippen molar-refractivity contribution in [2.24, 2.45) is 23.2 Å². The van der Waals surface area contributed by atoms with E-state index in [1.165, 1.54) is 112 Å². The van der Waals surface area contributed by atoms with E-state index in [1.54, 1.807) is 5.57 Å². The van der Waals surface area contributed by atoms with Crippen LogP contribution in [0, 0.1) is 23.2 Å². The van der Waals surface area contributed by atoms with Crippen LogP contribution in [0.2, 0.25) is 0 Å². The quantitative estimate of drug-likeness (QED) is 0.124. The molecule has 7 aliphatic rings. The minimum Gasteiger partial charge on any atom is -0.337 e. The summed E-state index contributed by atoms with van der Waals surface area (Å²) in [5, 5.41) is 1.35. The van der Waals surface area contributed by atoms with Gasteiger partial charge in [0.15, 0.2) is 0 Å². The van der Waals surface area contributed by atoms with Crippen LogP contribution in [0.1, 0.15) is 114 Å². The molecule has 16 rings (SSSR count). The van der Waals surface area contributed by atoms with Crippen molar-refractivity contribution in [3.63, 3.8) is 0 Å². The number of hydrogen-bond acceptors (Lipinski definition) is 1. The van der Waals surface area contributed by atoms with Crippen molar-refractivity contribution in [1.82, 2.24) is 4.57 Å². The van der Waals surface area contributed by atoms with Crippen LogP contribution in [0.15, 0.2) is 248 Å². The number of hydrogen-bond donors (Lipinski definition) is 0. The Balaban J connectivity index is 0.754. The lowest BCUT2D eigenvalue weighted by atomic mass is 9.63. The predicted molar refractivity (Wildman–Crippen MR) is 344 cm³/mol. The van der Waals surface area contributed by atoms with E-state index >= 15 is 0 Å². The highest BCUT2D eigenvalue weighted by Crippen LogP contribution is 2.65. The fourth-order valence-electron chi connectivity index (χ4n) is 16.7. The summed E-state index contributed by atoms with van der Waals surface area (Å²) in [5.74, 6) is 2.36. The van der Waals surface area contributed by atoms with Crippen LogP contribution in [-0.2, 0) is 19.3 Å². The lowest BCUT2D eigenvalue weighted by Crippen LogP contribution is -2.31. The number of rotatable bonds is 10. The Labute approximate surface area is 484 Å². The molecule has 8 unspecified atom stereocenters. The molecule has 0 spiro atoms. The molecule has 400 valence electrons. The van der Waals surface area contributed by atoms with Crippen molar-refractivity contribution in [3.8, 4) is 27.9 Å². The molecule has 0 bridgehead atoms. The zero-order valence-corrected chi connectivity index (χ0v) is 47.3. The van der Waals surface area contributed by atoms with Crippen molar-refractivity contribution in [3.05, 3.63) is 299 Å². The second kappa shape index (κ2) is 19.9. The maximum Gasteiger partial charge on any atom is 0.0538 e.